The normalized spacial score (nSPS) is 18.7. The maximum atomic E-state index is 11.0. The first-order valence-electron chi connectivity index (χ1n) is 3.59. The summed E-state index contributed by atoms with van der Waals surface area (Å²) in [6, 6.07) is -0.653. The van der Waals surface area contributed by atoms with Gasteiger partial charge in [-0.1, -0.05) is 0 Å². The Morgan fingerprint density at radius 3 is 2.08 bits per heavy atom. The zero-order valence-electron chi connectivity index (χ0n) is 6.90. The maximum Gasteiger partial charge on any atom is 0.254 e. The van der Waals surface area contributed by atoms with Gasteiger partial charge < -0.3 is 0 Å². The van der Waals surface area contributed by atoms with Crippen molar-refractivity contribution in [2.24, 2.45) is 0 Å². The lowest BCUT2D eigenvalue weighted by Gasteiger charge is -2.19. The third-order valence-electron chi connectivity index (χ3n) is 1.82. The third kappa shape index (κ3) is 1.28. The monoisotopic (exact) mass is 167 g/mol. The van der Waals surface area contributed by atoms with E-state index in [0.717, 1.165) is 4.90 Å². The van der Waals surface area contributed by atoms with Gasteiger partial charge in [-0.2, -0.15) is 0 Å². The van der Waals surface area contributed by atoms with Crippen LogP contribution in [-0.4, -0.2) is 28.5 Å². The van der Waals surface area contributed by atoms with E-state index in [1.807, 2.05) is 0 Å². The molecular weight excluding hydrogens is 158 g/mol. The average Bonchev–Trinajstić information content (AvgIpc) is 2.30. The summed E-state index contributed by atoms with van der Waals surface area (Å²) >= 11 is 0. The van der Waals surface area contributed by atoms with Crippen LogP contribution in [0.2, 0.25) is 0 Å². The number of carbonyl (C=O) groups excluding carboxylic acids is 3. The van der Waals surface area contributed by atoms with E-state index >= 15 is 0 Å². The van der Waals surface area contributed by atoms with Crippen LogP contribution in [0.5, 0.6) is 0 Å². The first-order chi connectivity index (χ1) is 5.54. The molecule has 0 fully saturated rings. The van der Waals surface area contributed by atoms with Crippen LogP contribution in [-0.2, 0) is 14.4 Å². The number of hydrogen-bond acceptors (Lipinski definition) is 3. The van der Waals surface area contributed by atoms with Gasteiger partial charge in [-0.3, -0.25) is 19.3 Å². The van der Waals surface area contributed by atoms with Crippen molar-refractivity contribution in [1.82, 2.24) is 4.90 Å². The number of amides is 2. The molecule has 4 heteroatoms. The second kappa shape index (κ2) is 2.89. The zero-order chi connectivity index (χ0) is 9.30. The predicted molar refractivity (Wildman–Crippen MR) is 41.1 cm³/mol. The molecule has 0 radical (unpaired) electrons. The molecule has 64 valence electrons. The van der Waals surface area contributed by atoms with E-state index in [0.29, 0.717) is 0 Å². The molecule has 0 bridgehead atoms. The minimum atomic E-state index is -0.653. The fraction of sp³-hybridized carbons (Fsp3) is 0.375. The highest BCUT2D eigenvalue weighted by Crippen LogP contribution is 2.08. The summed E-state index contributed by atoms with van der Waals surface area (Å²) in [5, 5.41) is 0. The van der Waals surface area contributed by atoms with E-state index in [-0.39, 0.29) is 5.78 Å². The van der Waals surface area contributed by atoms with E-state index in [4.69, 9.17) is 0 Å². The van der Waals surface area contributed by atoms with E-state index in [9.17, 15) is 14.4 Å². The number of nitrogens with zero attached hydrogens (tertiary/aromatic N) is 1. The van der Waals surface area contributed by atoms with Crippen molar-refractivity contribution >= 4 is 17.6 Å². The minimum Gasteiger partial charge on any atom is -0.298 e. The maximum absolute atomic E-state index is 11.0. The Hall–Kier alpha value is -1.45. The Bertz CT molecular complexity index is 262. The molecule has 12 heavy (non-hydrogen) atoms. The van der Waals surface area contributed by atoms with Crippen molar-refractivity contribution < 1.29 is 14.4 Å². The second-order valence-electron chi connectivity index (χ2n) is 2.67. The van der Waals surface area contributed by atoms with E-state index in [2.05, 4.69) is 0 Å². The van der Waals surface area contributed by atoms with E-state index in [1.165, 1.54) is 26.0 Å². The summed E-state index contributed by atoms with van der Waals surface area (Å²) in [7, 11) is 0. The van der Waals surface area contributed by atoms with Crippen molar-refractivity contribution in [3.8, 4) is 0 Å². The highest BCUT2D eigenvalue weighted by Gasteiger charge is 2.30. The molecule has 1 aliphatic heterocycles. The highest BCUT2D eigenvalue weighted by molar-refractivity contribution is 6.15. The lowest BCUT2D eigenvalue weighted by Crippen LogP contribution is -2.42. The van der Waals surface area contributed by atoms with Crippen LogP contribution in [0.25, 0.3) is 0 Å². The largest absolute Gasteiger partial charge is 0.298 e. The summed E-state index contributed by atoms with van der Waals surface area (Å²) in [6.45, 7) is 2.88. The SMILES string of the molecule is CC(=O)C(C)N1C(=O)C=CC1=O. The molecule has 1 unspecified atom stereocenters. The van der Waals surface area contributed by atoms with Crippen molar-refractivity contribution in [3.05, 3.63) is 12.2 Å². The molecule has 1 aliphatic rings. The van der Waals surface area contributed by atoms with Crippen LogP contribution in [0.1, 0.15) is 13.8 Å². The Morgan fingerprint density at radius 1 is 1.33 bits per heavy atom. The van der Waals surface area contributed by atoms with Crippen LogP contribution >= 0.6 is 0 Å². The molecule has 1 atom stereocenters. The number of Topliss-reactive ketones (excluding diaryl/α,β-unsaturated/α-hetero) is 1. The van der Waals surface area contributed by atoms with Crippen molar-refractivity contribution in [3.63, 3.8) is 0 Å². The standard InChI is InChI=1S/C8H9NO3/c1-5(6(2)10)9-7(11)3-4-8(9)12/h3-5H,1-2H3. The Kier molecular flexibility index (Phi) is 2.08. The quantitative estimate of drug-likeness (QED) is 0.539. The fourth-order valence-corrected chi connectivity index (χ4v) is 0.975. The summed E-state index contributed by atoms with van der Waals surface area (Å²) in [5.74, 6) is -1.02. The smallest absolute Gasteiger partial charge is 0.254 e. The predicted octanol–water partition coefficient (Wildman–Crippen LogP) is -0.111. The van der Waals surface area contributed by atoms with Gasteiger partial charge in [-0.05, 0) is 13.8 Å². The van der Waals surface area contributed by atoms with E-state index < -0.39 is 17.9 Å². The molecule has 0 aliphatic carbocycles. The number of hydrogen-bond donors (Lipinski definition) is 0. The molecule has 0 saturated heterocycles. The van der Waals surface area contributed by atoms with Gasteiger partial charge >= 0.3 is 0 Å². The minimum absolute atomic E-state index is 0.194. The molecule has 4 nitrogen and oxygen atoms in total. The molecule has 0 saturated carbocycles. The van der Waals surface area contributed by atoms with Gasteiger partial charge in [0, 0.05) is 12.2 Å². The lowest BCUT2D eigenvalue weighted by molar-refractivity contribution is -0.143. The topological polar surface area (TPSA) is 54.5 Å². The molecular formula is C8H9NO3. The van der Waals surface area contributed by atoms with Gasteiger partial charge in [-0.25, -0.2) is 0 Å². The molecule has 0 aromatic heterocycles. The molecule has 0 aromatic carbocycles. The van der Waals surface area contributed by atoms with Crippen LogP contribution in [0, 0.1) is 0 Å². The van der Waals surface area contributed by atoms with Crippen molar-refractivity contribution in [2.45, 2.75) is 19.9 Å². The fourth-order valence-electron chi connectivity index (χ4n) is 0.975. The van der Waals surface area contributed by atoms with Crippen LogP contribution in [0.3, 0.4) is 0 Å². The molecule has 2 amide bonds. The number of ketones is 1. The number of imide groups is 1. The number of rotatable bonds is 2. The molecule has 0 N–H and O–H groups in total. The van der Waals surface area contributed by atoms with Gasteiger partial charge in [-0.15, -0.1) is 0 Å². The summed E-state index contributed by atoms with van der Waals surface area (Å²) in [6.07, 6.45) is 2.34. The van der Waals surface area contributed by atoms with Gasteiger partial charge in [0.1, 0.15) is 0 Å². The first kappa shape index (κ1) is 8.64. The van der Waals surface area contributed by atoms with Crippen LogP contribution in [0.4, 0.5) is 0 Å². The molecule has 0 aromatic rings. The van der Waals surface area contributed by atoms with Gasteiger partial charge in [0.2, 0.25) is 0 Å². The van der Waals surface area contributed by atoms with E-state index in [1.54, 1.807) is 0 Å². The first-order valence-corrected chi connectivity index (χ1v) is 3.59. The Labute approximate surface area is 69.8 Å². The zero-order valence-corrected chi connectivity index (χ0v) is 6.90. The van der Waals surface area contributed by atoms with Gasteiger partial charge in [0.15, 0.2) is 5.78 Å². The van der Waals surface area contributed by atoms with Gasteiger partial charge in [0.25, 0.3) is 11.8 Å². The average molecular weight is 167 g/mol. The Morgan fingerprint density at radius 2 is 1.75 bits per heavy atom. The summed E-state index contributed by atoms with van der Waals surface area (Å²) in [5.41, 5.74) is 0. The van der Waals surface area contributed by atoms with Crippen LogP contribution < -0.4 is 0 Å². The Balaban J connectivity index is 2.83. The van der Waals surface area contributed by atoms with Gasteiger partial charge in [0.05, 0.1) is 6.04 Å². The highest BCUT2D eigenvalue weighted by atomic mass is 16.2. The number of carbonyl (C=O) groups is 3. The second-order valence-corrected chi connectivity index (χ2v) is 2.67. The lowest BCUT2D eigenvalue weighted by atomic mass is 10.2. The molecule has 1 heterocycles. The van der Waals surface area contributed by atoms with Crippen molar-refractivity contribution in [1.29, 1.82) is 0 Å². The summed E-state index contributed by atoms with van der Waals surface area (Å²) in [4.78, 5) is 33.8. The third-order valence-corrected chi connectivity index (χ3v) is 1.82. The van der Waals surface area contributed by atoms with Crippen molar-refractivity contribution in [2.75, 3.05) is 0 Å². The molecule has 1 rings (SSSR count). The summed E-state index contributed by atoms with van der Waals surface area (Å²) < 4.78 is 0. The molecule has 0 spiro atoms. The van der Waals surface area contributed by atoms with Crippen LogP contribution in [0.15, 0.2) is 12.2 Å².